The first-order chi connectivity index (χ1) is 9.50. The summed E-state index contributed by atoms with van der Waals surface area (Å²) in [6.07, 6.45) is 0. The summed E-state index contributed by atoms with van der Waals surface area (Å²) in [7, 11) is 0. The number of nitrogens with zero attached hydrogens (tertiary/aromatic N) is 1. The monoisotopic (exact) mass is 310 g/mol. The number of carbonyl (C=O) groups is 2. The van der Waals surface area contributed by atoms with Crippen molar-refractivity contribution in [2.24, 2.45) is 5.73 Å². The minimum Gasteiger partial charge on any atom is -0.351 e. The van der Waals surface area contributed by atoms with Gasteiger partial charge in [0.2, 0.25) is 5.91 Å². The normalized spacial score (nSPS) is 17.4. The molecule has 20 heavy (non-hydrogen) atoms. The van der Waals surface area contributed by atoms with Gasteiger partial charge in [0.25, 0.3) is 0 Å². The minimum absolute atomic E-state index is 0.158. The Morgan fingerprint density at radius 3 is 2.80 bits per heavy atom. The van der Waals surface area contributed by atoms with E-state index in [4.69, 9.17) is 17.3 Å². The molecule has 7 heteroatoms. The van der Waals surface area contributed by atoms with Crippen molar-refractivity contribution in [3.63, 3.8) is 0 Å². The zero-order chi connectivity index (χ0) is 14.4. The summed E-state index contributed by atoms with van der Waals surface area (Å²) in [5.41, 5.74) is 5.88. The van der Waals surface area contributed by atoms with Gasteiger partial charge in [0.05, 0.1) is 10.7 Å². The number of benzene rings is 1. The maximum Gasteiger partial charge on any atom is 0.326 e. The van der Waals surface area contributed by atoms with Crippen LogP contribution in [0.1, 0.15) is 16.4 Å². The number of halogens is 2. The van der Waals surface area contributed by atoms with E-state index < -0.39 is 23.7 Å². The Morgan fingerprint density at radius 2 is 2.20 bits per heavy atom. The lowest BCUT2D eigenvalue weighted by Gasteiger charge is -2.12. The first-order valence-corrected chi connectivity index (χ1v) is 6.92. The number of primary amides is 1. The molecule has 1 aromatic heterocycles. The molecular formula is C13H8ClFN2O2S. The maximum absolute atomic E-state index is 13.7. The Morgan fingerprint density at radius 1 is 1.45 bits per heavy atom. The van der Waals surface area contributed by atoms with E-state index in [1.54, 1.807) is 12.1 Å². The fourth-order valence-electron chi connectivity index (χ4n) is 2.32. The molecule has 1 aliphatic rings. The van der Waals surface area contributed by atoms with Gasteiger partial charge in [0.15, 0.2) is 0 Å². The summed E-state index contributed by atoms with van der Waals surface area (Å²) in [6, 6.07) is 5.07. The Kier molecular flexibility index (Phi) is 2.99. The Hall–Kier alpha value is -1.92. The Labute approximate surface area is 122 Å². The summed E-state index contributed by atoms with van der Waals surface area (Å²) < 4.78 is 13.7. The SMILES string of the molecule is NC(=O)N1C(=O)C(c2cccs2)c2cc(F)c(Cl)cc21. The number of hydrogen-bond donors (Lipinski definition) is 1. The number of thiophene rings is 1. The highest BCUT2D eigenvalue weighted by atomic mass is 35.5. The van der Waals surface area contributed by atoms with E-state index in [0.29, 0.717) is 5.56 Å². The molecule has 0 spiro atoms. The van der Waals surface area contributed by atoms with E-state index >= 15 is 0 Å². The van der Waals surface area contributed by atoms with Crippen LogP contribution in [0, 0.1) is 5.82 Å². The van der Waals surface area contributed by atoms with Gasteiger partial charge in [-0.2, -0.15) is 0 Å². The Balaban J connectivity index is 2.24. The van der Waals surface area contributed by atoms with Crippen molar-refractivity contribution >= 4 is 40.6 Å². The number of urea groups is 1. The standard InChI is InChI=1S/C13H8ClFN2O2S/c14-7-5-9-6(4-8(7)15)11(10-2-1-3-20-10)12(18)17(9)13(16)19/h1-5,11H,(H2,16,19). The third-order valence-corrected chi connectivity index (χ3v) is 4.36. The van der Waals surface area contributed by atoms with Gasteiger partial charge in [-0.05, 0) is 29.1 Å². The van der Waals surface area contributed by atoms with Crippen molar-refractivity contribution in [3.05, 3.63) is 50.9 Å². The second kappa shape index (κ2) is 4.57. The van der Waals surface area contributed by atoms with E-state index in [1.807, 2.05) is 5.38 Å². The van der Waals surface area contributed by atoms with Crippen LogP contribution in [-0.4, -0.2) is 11.9 Å². The molecule has 0 bridgehead atoms. The fourth-order valence-corrected chi connectivity index (χ4v) is 3.31. The van der Waals surface area contributed by atoms with E-state index in [-0.39, 0.29) is 10.7 Å². The second-order valence-electron chi connectivity index (χ2n) is 4.29. The van der Waals surface area contributed by atoms with Crippen LogP contribution >= 0.6 is 22.9 Å². The number of hydrogen-bond acceptors (Lipinski definition) is 3. The van der Waals surface area contributed by atoms with Crippen molar-refractivity contribution in [2.75, 3.05) is 4.90 Å². The first-order valence-electron chi connectivity index (χ1n) is 5.66. The van der Waals surface area contributed by atoms with Crippen molar-refractivity contribution in [1.82, 2.24) is 0 Å². The lowest BCUT2D eigenvalue weighted by molar-refractivity contribution is -0.117. The summed E-state index contributed by atoms with van der Waals surface area (Å²) in [5.74, 6) is -1.84. The molecule has 102 valence electrons. The number of fused-ring (bicyclic) bond motifs is 1. The van der Waals surface area contributed by atoms with Crippen LogP contribution in [0.4, 0.5) is 14.9 Å². The molecule has 1 aromatic carbocycles. The molecule has 4 nitrogen and oxygen atoms in total. The molecule has 2 N–H and O–H groups in total. The lowest BCUT2D eigenvalue weighted by Crippen LogP contribution is -2.39. The fraction of sp³-hybridized carbons (Fsp3) is 0.0769. The molecule has 1 aliphatic heterocycles. The number of rotatable bonds is 1. The zero-order valence-corrected chi connectivity index (χ0v) is 11.5. The van der Waals surface area contributed by atoms with Crippen LogP contribution in [0.5, 0.6) is 0 Å². The van der Waals surface area contributed by atoms with Crippen LogP contribution in [0.2, 0.25) is 5.02 Å². The van der Waals surface area contributed by atoms with E-state index in [9.17, 15) is 14.0 Å². The highest BCUT2D eigenvalue weighted by Crippen LogP contribution is 2.44. The lowest BCUT2D eigenvalue weighted by atomic mass is 9.99. The average Bonchev–Trinajstić information content (AvgIpc) is 2.96. The summed E-state index contributed by atoms with van der Waals surface area (Å²) >= 11 is 7.08. The van der Waals surface area contributed by atoms with Gasteiger partial charge >= 0.3 is 6.03 Å². The third-order valence-electron chi connectivity index (χ3n) is 3.14. The van der Waals surface area contributed by atoms with Gasteiger partial charge in [0.1, 0.15) is 11.7 Å². The molecular weight excluding hydrogens is 303 g/mol. The molecule has 0 saturated carbocycles. The maximum atomic E-state index is 13.7. The molecule has 2 heterocycles. The summed E-state index contributed by atoms with van der Waals surface area (Å²) in [4.78, 5) is 25.4. The summed E-state index contributed by atoms with van der Waals surface area (Å²) in [6.45, 7) is 0. The molecule has 3 amide bonds. The van der Waals surface area contributed by atoms with E-state index in [1.165, 1.54) is 23.5 Å². The third kappa shape index (κ3) is 1.80. The second-order valence-corrected chi connectivity index (χ2v) is 5.67. The minimum atomic E-state index is -0.905. The quantitative estimate of drug-likeness (QED) is 0.879. The van der Waals surface area contributed by atoms with Crippen LogP contribution < -0.4 is 10.6 Å². The topological polar surface area (TPSA) is 63.4 Å². The highest BCUT2D eigenvalue weighted by molar-refractivity contribution is 7.10. The van der Waals surface area contributed by atoms with Crippen LogP contribution in [0.3, 0.4) is 0 Å². The van der Waals surface area contributed by atoms with Crippen molar-refractivity contribution in [1.29, 1.82) is 0 Å². The summed E-state index contributed by atoms with van der Waals surface area (Å²) in [5, 5.41) is 1.65. The van der Waals surface area contributed by atoms with E-state index in [2.05, 4.69) is 0 Å². The number of carbonyl (C=O) groups excluding carboxylic acids is 2. The van der Waals surface area contributed by atoms with Gasteiger partial charge < -0.3 is 5.73 Å². The van der Waals surface area contributed by atoms with Gasteiger partial charge in [-0.3, -0.25) is 4.79 Å². The zero-order valence-electron chi connectivity index (χ0n) is 9.97. The number of nitrogens with two attached hydrogens (primary N) is 1. The molecule has 0 aliphatic carbocycles. The molecule has 1 atom stereocenters. The van der Waals surface area contributed by atoms with Crippen LogP contribution in [-0.2, 0) is 4.79 Å². The molecule has 0 radical (unpaired) electrons. The molecule has 3 rings (SSSR count). The average molecular weight is 311 g/mol. The highest BCUT2D eigenvalue weighted by Gasteiger charge is 2.42. The number of amides is 3. The smallest absolute Gasteiger partial charge is 0.326 e. The number of imide groups is 1. The Bertz CT molecular complexity index is 717. The molecule has 0 saturated heterocycles. The van der Waals surface area contributed by atoms with Gasteiger partial charge in [-0.15, -0.1) is 11.3 Å². The molecule has 0 fully saturated rings. The van der Waals surface area contributed by atoms with Gasteiger partial charge in [-0.1, -0.05) is 17.7 Å². The van der Waals surface area contributed by atoms with Gasteiger partial charge in [0, 0.05) is 4.88 Å². The number of anilines is 1. The van der Waals surface area contributed by atoms with Crippen molar-refractivity contribution in [3.8, 4) is 0 Å². The largest absolute Gasteiger partial charge is 0.351 e. The predicted octanol–water partition coefficient (Wildman–Crippen LogP) is 3.10. The van der Waals surface area contributed by atoms with Gasteiger partial charge in [-0.25, -0.2) is 14.1 Å². The molecule has 1 unspecified atom stereocenters. The van der Waals surface area contributed by atoms with Crippen molar-refractivity contribution < 1.29 is 14.0 Å². The molecule has 2 aromatic rings. The van der Waals surface area contributed by atoms with Crippen LogP contribution in [0.25, 0.3) is 0 Å². The van der Waals surface area contributed by atoms with E-state index in [0.717, 1.165) is 9.78 Å². The van der Waals surface area contributed by atoms with Crippen LogP contribution in [0.15, 0.2) is 29.6 Å². The van der Waals surface area contributed by atoms with Crippen molar-refractivity contribution in [2.45, 2.75) is 5.92 Å². The first kappa shape index (κ1) is 13.1. The predicted molar refractivity (Wildman–Crippen MR) is 74.6 cm³/mol.